The van der Waals surface area contributed by atoms with Crippen molar-refractivity contribution < 1.29 is 14.0 Å². The number of hydrogen-bond donors (Lipinski definition) is 0. The molecule has 0 aromatic carbocycles. The van der Waals surface area contributed by atoms with Crippen molar-refractivity contribution >= 4 is 16.8 Å². The van der Waals surface area contributed by atoms with Crippen LogP contribution >= 0.6 is 11.6 Å². The van der Waals surface area contributed by atoms with Crippen LogP contribution in [0.15, 0.2) is 0 Å². The van der Waals surface area contributed by atoms with Crippen LogP contribution in [0.4, 0.5) is 0 Å². The van der Waals surface area contributed by atoms with Crippen LogP contribution in [0, 0.1) is 0 Å². The summed E-state index contributed by atoms with van der Waals surface area (Å²) in [5.41, 5.74) is 0. The van der Waals surface area contributed by atoms with Crippen LogP contribution in [-0.4, -0.2) is 50.6 Å². The van der Waals surface area contributed by atoms with Crippen molar-refractivity contribution in [2.75, 3.05) is 40.9 Å². The number of halogens is 1. The Hall–Kier alpha value is -0.120. The molecule has 0 aromatic rings. The molecule has 0 saturated carbocycles. The molecule has 3 nitrogen and oxygen atoms in total. The van der Waals surface area contributed by atoms with E-state index < -0.39 is 5.24 Å². The Morgan fingerprint density at radius 3 is 2.36 bits per heavy atom. The molecule has 66 valence electrons. The average molecular weight is 181 g/mol. The van der Waals surface area contributed by atoms with Gasteiger partial charge in [-0.1, -0.05) is 0 Å². The Morgan fingerprint density at radius 2 is 2.00 bits per heavy atom. The molecule has 0 aliphatic carbocycles. The summed E-state index contributed by atoms with van der Waals surface area (Å²) in [5, 5.41) is -0.439. The van der Waals surface area contributed by atoms with E-state index in [1.165, 1.54) is 0 Å². The van der Waals surface area contributed by atoms with E-state index in [0.717, 1.165) is 11.0 Å². The standard InChI is InChI=1S/C7H15ClNO2/c1-9(2,3)4-5-11-6-7(8)10/h4-6H2,1-3H3/q+1. The van der Waals surface area contributed by atoms with Gasteiger partial charge >= 0.3 is 0 Å². The molecule has 4 heteroatoms. The highest BCUT2D eigenvalue weighted by Crippen LogP contribution is 1.90. The quantitative estimate of drug-likeness (QED) is 0.350. The largest absolute Gasteiger partial charge is 0.366 e. The van der Waals surface area contributed by atoms with Crippen LogP contribution in [0.1, 0.15) is 0 Å². The fourth-order valence-electron chi connectivity index (χ4n) is 0.491. The highest BCUT2D eigenvalue weighted by atomic mass is 35.5. The molecule has 0 unspecified atom stereocenters. The SMILES string of the molecule is C[N+](C)(C)CCOCC(=O)Cl. The minimum atomic E-state index is -0.439. The summed E-state index contributed by atoms with van der Waals surface area (Å²) >= 11 is 5.06. The number of carbonyl (C=O) groups is 1. The topological polar surface area (TPSA) is 26.3 Å². The first kappa shape index (κ1) is 10.9. The molecule has 0 saturated heterocycles. The number of nitrogens with zero attached hydrogens (tertiary/aromatic N) is 1. The predicted molar refractivity (Wildman–Crippen MR) is 44.6 cm³/mol. The van der Waals surface area contributed by atoms with Gasteiger partial charge in [0.2, 0.25) is 5.24 Å². The second kappa shape index (κ2) is 4.70. The summed E-state index contributed by atoms with van der Waals surface area (Å²) in [5.74, 6) is 0. The van der Waals surface area contributed by atoms with Crippen LogP contribution in [-0.2, 0) is 9.53 Å². The number of hydrogen-bond acceptors (Lipinski definition) is 2. The third-order valence-corrected chi connectivity index (χ3v) is 1.23. The molecular weight excluding hydrogens is 166 g/mol. The van der Waals surface area contributed by atoms with E-state index in [2.05, 4.69) is 21.1 Å². The normalized spacial score (nSPS) is 11.6. The maximum absolute atomic E-state index is 10.2. The Labute approximate surface area is 72.5 Å². The molecule has 0 aromatic heterocycles. The molecule has 0 rings (SSSR count). The number of rotatable bonds is 5. The summed E-state index contributed by atoms with van der Waals surface area (Å²) in [7, 11) is 6.18. The van der Waals surface area contributed by atoms with Gasteiger partial charge in [-0.25, -0.2) is 0 Å². The molecule has 11 heavy (non-hydrogen) atoms. The van der Waals surface area contributed by atoms with E-state index in [1.807, 2.05) is 0 Å². The monoisotopic (exact) mass is 180 g/mol. The van der Waals surface area contributed by atoms with E-state index >= 15 is 0 Å². The lowest BCUT2D eigenvalue weighted by Gasteiger charge is -2.23. The average Bonchev–Trinajstić information content (AvgIpc) is 1.78. The first-order chi connectivity index (χ1) is 4.92. The van der Waals surface area contributed by atoms with Crippen molar-refractivity contribution in [1.82, 2.24) is 0 Å². The van der Waals surface area contributed by atoms with Crippen molar-refractivity contribution in [1.29, 1.82) is 0 Å². The Kier molecular flexibility index (Phi) is 4.65. The van der Waals surface area contributed by atoms with Crippen molar-refractivity contribution in [2.24, 2.45) is 0 Å². The Balaban J connectivity index is 3.22. The predicted octanol–water partition coefficient (Wildman–Crippen LogP) is 0.475. The lowest BCUT2D eigenvalue weighted by Crippen LogP contribution is -2.37. The summed E-state index contributed by atoms with van der Waals surface area (Å²) in [6.45, 7) is 1.47. The molecule has 0 spiro atoms. The molecule has 0 heterocycles. The number of ether oxygens (including phenoxy) is 1. The van der Waals surface area contributed by atoms with Gasteiger partial charge in [0.05, 0.1) is 27.7 Å². The zero-order chi connectivity index (χ0) is 8.91. The highest BCUT2D eigenvalue weighted by molar-refractivity contribution is 6.63. The van der Waals surface area contributed by atoms with Gasteiger partial charge in [0.15, 0.2) is 0 Å². The van der Waals surface area contributed by atoms with E-state index in [4.69, 9.17) is 16.3 Å². The Bertz CT molecular complexity index is 131. The van der Waals surface area contributed by atoms with Gasteiger partial charge in [0.25, 0.3) is 0 Å². The molecule has 0 radical (unpaired) electrons. The van der Waals surface area contributed by atoms with Crippen LogP contribution in [0.25, 0.3) is 0 Å². The van der Waals surface area contributed by atoms with Gasteiger partial charge in [-0.05, 0) is 11.6 Å². The van der Waals surface area contributed by atoms with Crippen molar-refractivity contribution in [2.45, 2.75) is 0 Å². The third-order valence-electron chi connectivity index (χ3n) is 1.12. The zero-order valence-corrected chi connectivity index (χ0v) is 8.02. The van der Waals surface area contributed by atoms with E-state index in [1.54, 1.807) is 0 Å². The minimum Gasteiger partial charge on any atom is -0.366 e. The van der Waals surface area contributed by atoms with Gasteiger partial charge in [0, 0.05) is 0 Å². The van der Waals surface area contributed by atoms with E-state index in [0.29, 0.717) is 6.61 Å². The Morgan fingerprint density at radius 1 is 1.45 bits per heavy atom. The summed E-state index contributed by atoms with van der Waals surface area (Å²) in [4.78, 5) is 10.2. The number of quaternary nitrogens is 1. The first-order valence-electron chi connectivity index (χ1n) is 3.48. The highest BCUT2D eigenvalue weighted by Gasteiger charge is 2.06. The number of likely N-dealkylation sites (N-methyl/N-ethyl adjacent to an activating group) is 1. The lowest BCUT2D eigenvalue weighted by atomic mass is 10.5. The van der Waals surface area contributed by atoms with Gasteiger partial charge < -0.3 is 9.22 Å². The van der Waals surface area contributed by atoms with Crippen molar-refractivity contribution in [3.8, 4) is 0 Å². The number of carbonyl (C=O) groups excluding carboxylic acids is 1. The maximum Gasteiger partial charge on any atom is 0.247 e. The lowest BCUT2D eigenvalue weighted by molar-refractivity contribution is -0.870. The van der Waals surface area contributed by atoms with Crippen molar-refractivity contribution in [3.05, 3.63) is 0 Å². The molecule has 0 atom stereocenters. The zero-order valence-electron chi connectivity index (χ0n) is 7.26. The fraction of sp³-hybridized carbons (Fsp3) is 0.857. The second-order valence-electron chi connectivity index (χ2n) is 3.42. The van der Waals surface area contributed by atoms with Crippen LogP contribution in [0.3, 0.4) is 0 Å². The van der Waals surface area contributed by atoms with E-state index in [-0.39, 0.29) is 6.61 Å². The minimum absolute atomic E-state index is 0.0154. The summed E-state index contributed by atoms with van der Waals surface area (Å²) in [6, 6.07) is 0. The first-order valence-corrected chi connectivity index (χ1v) is 3.86. The van der Waals surface area contributed by atoms with Gasteiger partial charge in [-0.15, -0.1) is 0 Å². The molecular formula is C7H15ClNO2+. The third kappa shape index (κ3) is 9.88. The van der Waals surface area contributed by atoms with Crippen LogP contribution in [0.2, 0.25) is 0 Å². The second-order valence-corrected chi connectivity index (χ2v) is 3.84. The smallest absolute Gasteiger partial charge is 0.247 e. The molecule has 0 amide bonds. The molecule has 0 aliphatic heterocycles. The molecule has 0 fully saturated rings. The van der Waals surface area contributed by atoms with Gasteiger partial charge in [0.1, 0.15) is 13.2 Å². The molecule has 0 bridgehead atoms. The summed E-state index contributed by atoms with van der Waals surface area (Å²) in [6.07, 6.45) is 0. The summed E-state index contributed by atoms with van der Waals surface area (Å²) < 4.78 is 5.80. The van der Waals surface area contributed by atoms with Gasteiger partial charge in [-0.2, -0.15) is 0 Å². The van der Waals surface area contributed by atoms with Crippen molar-refractivity contribution in [3.63, 3.8) is 0 Å². The fourth-order valence-corrected chi connectivity index (χ4v) is 0.568. The molecule has 0 N–H and O–H groups in total. The van der Waals surface area contributed by atoms with E-state index in [9.17, 15) is 4.79 Å². The molecule has 0 aliphatic rings. The maximum atomic E-state index is 10.2. The van der Waals surface area contributed by atoms with Gasteiger partial charge in [-0.3, -0.25) is 4.79 Å². The van der Waals surface area contributed by atoms with Crippen LogP contribution < -0.4 is 0 Å². The van der Waals surface area contributed by atoms with Crippen LogP contribution in [0.5, 0.6) is 0 Å².